The molecule has 1 unspecified atom stereocenters. The van der Waals surface area contributed by atoms with Gasteiger partial charge in [-0.1, -0.05) is 6.07 Å². The maximum absolute atomic E-state index is 4.49. The van der Waals surface area contributed by atoms with Gasteiger partial charge in [0, 0.05) is 29.3 Å². The number of aryl methyl sites for hydroxylation is 2. The van der Waals surface area contributed by atoms with Crippen LogP contribution < -0.4 is 5.32 Å². The van der Waals surface area contributed by atoms with E-state index in [2.05, 4.69) is 26.3 Å². The first-order valence-electron chi connectivity index (χ1n) is 5.58. The average molecular weight is 228 g/mol. The molecule has 0 saturated heterocycles. The number of rotatable bonds is 3. The molecule has 0 amide bonds. The van der Waals surface area contributed by atoms with E-state index in [1.807, 2.05) is 39.4 Å². The van der Waals surface area contributed by atoms with Crippen molar-refractivity contribution < 1.29 is 0 Å². The van der Waals surface area contributed by atoms with E-state index in [0.29, 0.717) is 0 Å². The molecule has 2 aromatic rings. The maximum Gasteiger partial charge on any atom is 0.115 e. The quantitative estimate of drug-likeness (QED) is 0.870. The van der Waals surface area contributed by atoms with Crippen LogP contribution in [0.5, 0.6) is 0 Å². The third-order valence-corrected chi connectivity index (χ3v) is 2.78. The molecule has 88 valence electrons. The highest BCUT2D eigenvalue weighted by molar-refractivity contribution is 5.32. The molecule has 2 aromatic heterocycles. The van der Waals surface area contributed by atoms with Gasteiger partial charge >= 0.3 is 0 Å². The minimum absolute atomic E-state index is 0.0873. The summed E-state index contributed by atoms with van der Waals surface area (Å²) < 4.78 is 0. The second-order valence-electron chi connectivity index (χ2n) is 4.02. The largest absolute Gasteiger partial charge is 0.309 e. The Morgan fingerprint density at radius 3 is 2.41 bits per heavy atom. The number of hydrogen-bond donors (Lipinski definition) is 1. The predicted molar refractivity (Wildman–Crippen MR) is 66.6 cm³/mol. The topological polar surface area (TPSA) is 50.7 Å². The summed E-state index contributed by atoms with van der Waals surface area (Å²) in [5.41, 5.74) is 4.27. The lowest BCUT2D eigenvalue weighted by molar-refractivity contribution is 0.675. The summed E-state index contributed by atoms with van der Waals surface area (Å²) in [5.74, 6) is 0. The van der Waals surface area contributed by atoms with E-state index in [4.69, 9.17) is 0 Å². The van der Waals surface area contributed by atoms with Crippen LogP contribution in [0.4, 0.5) is 0 Å². The molecule has 2 heterocycles. The van der Waals surface area contributed by atoms with Crippen LogP contribution in [0, 0.1) is 13.8 Å². The van der Waals surface area contributed by atoms with E-state index in [-0.39, 0.29) is 6.04 Å². The fraction of sp³-hybridized carbons (Fsp3) is 0.308. The molecule has 0 aliphatic heterocycles. The van der Waals surface area contributed by atoms with Gasteiger partial charge in [0.25, 0.3) is 0 Å². The van der Waals surface area contributed by atoms with Gasteiger partial charge in [-0.25, -0.2) is 9.97 Å². The molecule has 0 aromatic carbocycles. The summed E-state index contributed by atoms with van der Waals surface area (Å²) >= 11 is 0. The Bertz CT molecular complexity index is 496. The van der Waals surface area contributed by atoms with Crippen LogP contribution in [0.25, 0.3) is 0 Å². The van der Waals surface area contributed by atoms with Crippen LogP contribution in [0.2, 0.25) is 0 Å². The Morgan fingerprint density at radius 2 is 1.82 bits per heavy atom. The van der Waals surface area contributed by atoms with E-state index in [0.717, 1.165) is 22.5 Å². The summed E-state index contributed by atoms with van der Waals surface area (Å²) in [4.78, 5) is 12.6. The monoisotopic (exact) mass is 228 g/mol. The van der Waals surface area contributed by atoms with Crippen molar-refractivity contribution in [2.75, 3.05) is 7.05 Å². The Balaban J connectivity index is 2.42. The molecule has 4 nitrogen and oxygen atoms in total. The second-order valence-corrected chi connectivity index (χ2v) is 4.02. The smallest absolute Gasteiger partial charge is 0.115 e. The molecule has 0 bridgehead atoms. The number of nitrogens with one attached hydrogen (secondary N) is 1. The first-order chi connectivity index (χ1) is 8.22. The van der Waals surface area contributed by atoms with Crippen molar-refractivity contribution in [1.29, 1.82) is 0 Å². The lowest BCUT2D eigenvalue weighted by Crippen LogP contribution is -2.19. The molecule has 0 aliphatic rings. The van der Waals surface area contributed by atoms with Gasteiger partial charge in [0.2, 0.25) is 0 Å². The van der Waals surface area contributed by atoms with Crippen LogP contribution in [-0.4, -0.2) is 22.0 Å². The summed E-state index contributed by atoms with van der Waals surface area (Å²) in [5, 5.41) is 3.27. The van der Waals surface area contributed by atoms with Crippen molar-refractivity contribution in [3.63, 3.8) is 0 Å². The van der Waals surface area contributed by atoms with Gasteiger partial charge in [0.1, 0.15) is 6.33 Å². The normalized spacial score (nSPS) is 12.4. The zero-order chi connectivity index (χ0) is 12.3. The first-order valence-corrected chi connectivity index (χ1v) is 5.58. The highest BCUT2D eigenvalue weighted by atomic mass is 14.9. The van der Waals surface area contributed by atoms with Crippen LogP contribution >= 0.6 is 0 Å². The molecule has 0 aliphatic carbocycles. The van der Waals surface area contributed by atoms with Crippen molar-refractivity contribution >= 4 is 0 Å². The van der Waals surface area contributed by atoms with Crippen LogP contribution in [0.3, 0.4) is 0 Å². The highest BCUT2D eigenvalue weighted by Crippen LogP contribution is 2.22. The van der Waals surface area contributed by atoms with Crippen molar-refractivity contribution in [1.82, 2.24) is 20.3 Å². The van der Waals surface area contributed by atoms with Gasteiger partial charge in [0.05, 0.1) is 6.04 Å². The molecule has 4 heteroatoms. The van der Waals surface area contributed by atoms with Crippen molar-refractivity contribution in [2.24, 2.45) is 0 Å². The molecule has 0 spiro atoms. The van der Waals surface area contributed by atoms with E-state index in [1.165, 1.54) is 6.33 Å². The Labute approximate surface area is 101 Å². The predicted octanol–water partition coefficient (Wildman–Crippen LogP) is 1.80. The van der Waals surface area contributed by atoms with Crippen molar-refractivity contribution in [3.8, 4) is 0 Å². The van der Waals surface area contributed by atoms with Gasteiger partial charge in [-0.05, 0) is 32.5 Å². The summed E-state index contributed by atoms with van der Waals surface area (Å²) in [6.07, 6.45) is 5.19. The zero-order valence-corrected chi connectivity index (χ0v) is 10.3. The average Bonchev–Trinajstić information content (AvgIpc) is 2.34. The van der Waals surface area contributed by atoms with Crippen LogP contribution in [0.15, 0.2) is 30.9 Å². The Kier molecular flexibility index (Phi) is 3.44. The Hall–Kier alpha value is -1.81. The number of hydrogen-bond acceptors (Lipinski definition) is 4. The second kappa shape index (κ2) is 5.01. The molecule has 0 saturated carbocycles. The standard InChI is InChI=1S/C13H16N4/c1-9-4-5-12(10(2)17-9)13(14-3)11-6-15-8-16-7-11/h4-8,13-14H,1-3H3. The van der Waals surface area contributed by atoms with E-state index in [9.17, 15) is 0 Å². The van der Waals surface area contributed by atoms with Gasteiger partial charge in [0.15, 0.2) is 0 Å². The van der Waals surface area contributed by atoms with Gasteiger partial charge in [-0.2, -0.15) is 0 Å². The highest BCUT2D eigenvalue weighted by Gasteiger charge is 2.15. The fourth-order valence-electron chi connectivity index (χ4n) is 1.96. The van der Waals surface area contributed by atoms with Crippen LogP contribution in [-0.2, 0) is 0 Å². The lowest BCUT2D eigenvalue weighted by Gasteiger charge is -2.18. The minimum atomic E-state index is 0.0873. The molecule has 0 radical (unpaired) electrons. The third-order valence-electron chi connectivity index (χ3n) is 2.78. The minimum Gasteiger partial charge on any atom is -0.309 e. The SMILES string of the molecule is CNC(c1cncnc1)c1ccc(C)nc1C. The molecular weight excluding hydrogens is 212 g/mol. The maximum atomic E-state index is 4.49. The molecule has 2 rings (SSSR count). The Morgan fingerprint density at radius 1 is 1.12 bits per heavy atom. The van der Waals surface area contributed by atoms with Gasteiger partial charge in [-0.3, -0.25) is 4.98 Å². The van der Waals surface area contributed by atoms with Crippen molar-refractivity contribution in [2.45, 2.75) is 19.9 Å². The summed E-state index contributed by atoms with van der Waals surface area (Å²) in [6.45, 7) is 4.02. The molecule has 1 N–H and O–H groups in total. The molecular formula is C13H16N4. The zero-order valence-electron chi connectivity index (χ0n) is 10.3. The molecule has 1 atom stereocenters. The first kappa shape index (κ1) is 11.7. The van der Waals surface area contributed by atoms with E-state index < -0.39 is 0 Å². The van der Waals surface area contributed by atoms with Crippen molar-refractivity contribution in [3.05, 3.63) is 53.4 Å². The fourth-order valence-corrected chi connectivity index (χ4v) is 1.96. The number of nitrogens with zero attached hydrogens (tertiary/aromatic N) is 3. The van der Waals surface area contributed by atoms with Gasteiger partial charge in [-0.15, -0.1) is 0 Å². The summed E-state index contributed by atoms with van der Waals surface area (Å²) in [7, 11) is 1.93. The number of pyridine rings is 1. The molecule has 17 heavy (non-hydrogen) atoms. The van der Waals surface area contributed by atoms with E-state index >= 15 is 0 Å². The van der Waals surface area contributed by atoms with E-state index in [1.54, 1.807) is 0 Å². The third kappa shape index (κ3) is 2.47. The van der Waals surface area contributed by atoms with Crippen LogP contribution in [0.1, 0.15) is 28.6 Å². The summed E-state index contributed by atoms with van der Waals surface area (Å²) in [6, 6.07) is 4.21. The number of aromatic nitrogens is 3. The molecule has 0 fully saturated rings. The van der Waals surface area contributed by atoms with Gasteiger partial charge < -0.3 is 5.32 Å². The lowest BCUT2D eigenvalue weighted by atomic mass is 10.00.